The standard InChI is InChI=1S/C38H48B2N3O11PSi/c1-19-20(2)30-37(52-29(19)34(44)50-30)53-31-25(18-46-56(38(5,6)7,23-14-10-8-11-15-23)24-16-12-9-13-17-24)48-36(26(42-43-41)32(31)54-55(39)40)51-28-21(3)27-22(4)47-33(28)35(45)49-27/h8-17,19-22,25-33,36-37H,18H2,1-7H3/t19-,20?,21?,22-,25?,26?,27-,28-,29?,30-,31+,32+,33?,36+,37-/m0/s1. The molecule has 0 aromatic heterocycles. The Morgan fingerprint density at radius 2 is 1.36 bits per heavy atom. The van der Waals surface area contributed by atoms with Gasteiger partial charge in [-0.1, -0.05) is 115 Å². The summed E-state index contributed by atoms with van der Waals surface area (Å²) in [7, 11) is 7.09. The zero-order valence-electron chi connectivity index (χ0n) is 32.6. The van der Waals surface area contributed by atoms with E-state index in [0.717, 1.165) is 10.4 Å². The van der Waals surface area contributed by atoms with E-state index in [0.29, 0.717) is 0 Å². The molecular weight excluding hydrogens is 755 g/mol. The summed E-state index contributed by atoms with van der Waals surface area (Å²) in [5.74, 6) is -1.55. The quantitative estimate of drug-likeness (QED) is 0.0762. The molecule has 7 heterocycles. The van der Waals surface area contributed by atoms with Crippen LogP contribution in [0.2, 0.25) is 5.04 Å². The van der Waals surface area contributed by atoms with Gasteiger partial charge in [-0.15, -0.1) is 0 Å². The fourth-order valence-electron chi connectivity index (χ4n) is 9.00. The van der Waals surface area contributed by atoms with Gasteiger partial charge in [0, 0.05) is 16.7 Å². The number of esters is 2. The Bertz CT molecular complexity index is 1740. The molecule has 2 aromatic carbocycles. The molecule has 0 spiro atoms. The first-order chi connectivity index (χ1) is 26.7. The molecule has 14 nitrogen and oxygen atoms in total. The van der Waals surface area contributed by atoms with Crippen molar-refractivity contribution < 1.29 is 51.7 Å². The van der Waals surface area contributed by atoms with E-state index in [4.69, 9.17) is 57.2 Å². The summed E-state index contributed by atoms with van der Waals surface area (Å²) in [6.45, 7) is 14.1. The minimum atomic E-state index is -3.17. The molecule has 15 atom stereocenters. The summed E-state index contributed by atoms with van der Waals surface area (Å²) in [5.41, 5.74) is 9.93. The Kier molecular flexibility index (Phi) is 12.1. The van der Waals surface area contributed by atoms with Crippen molar-refractivity contribution in [1.82, 2.24) is 0 Å². The lowest BCUT2D eigenvalue weighted by Gasteiger charge is -2.53. The fraction of sp³-hybridized carbons (Fsp3) is 0.632. The highest BCUT2D eigenvalue weighted by molar-refractivity contribution is 7.97. The van der Waals surface area contributed by atoms with Gasteiger partial charge in [-0.2, -0.15) is 0 Å². The third-order valence-electron chi connectivity index (χ3n) is 12.0. The third-order valence-corrected chi connectivity index (χ3v) is 17.5. The van der Waals surface area contributed by atoms with Gasteiger partial charge in [0.05, 0.1) is 12.7 Å². The van der Waals surface area contributed by atoms with E-state index < -0.39 is 101 Å². The lowest BCUT2D eigenvalue weighted by molar-refractivity contribution is -0.358. The second-order valence-corrected chi connectivity index (χ2v) is 21.6. The lowest BCUT2D eigenvalue weighted by Crippen LogP contribution is -2.70. The van der Waals surface area contributed by atoms with Crippen LogP contribution in [0, 0.1) is 17.8 Å². The van der Waals surface area contributed by atoms with Gasteiger partial charge >= 0.3 is 11.9 Å². The minimum Gasteiger partial charge on any atom is -0.457 e. The average molecular weight is 803 g/mol. The van der Waals surface area contributed by atoms with E-state index in [1.807, 2.05) is 64.1 Å². The first kappa shape index (κ1) is 41.3. The van der Waals surface area contributed by atoms with E-state index in [-0.39, 0.29) is 30.5 Å². The van der Waals surface area contributed by atoms with Crippen LogP contribution >= 0.6 is 7.91 Å². The van der Waals surface area contributed by atoms with Gasteiger partial charge in [0.25, 0.3) is 8.32 Å². The second-order valence-electron chi connectivity index (χ2n) is 16.4. The zero-order valence-corrected chi connectivity index (χ0v) is 34.5. The summed E-state index contributed by atoms with van der Waals surface area (Å²) in [5, 5.41) is 5.77. The van der Waals surface area contributed by atoms with Crippen LogP contribution in [0.1, 0.15) is 48.5 Å². The average Bonchev–Trinajstić information content (AvgIpc) is 3.15. The lowest BCUT2D eigenvalue weighted by atomic mass is 9.81. The van der Waals surface area contributed by atoms with Crippen molar-refractivity contribution in [1.29, 1.82) is 0 Å². The first-order valence-corrected chi connectivity index (χ1v) is 22.4. The van der Waals surface area contributed by atoms with Gasteiger partial charge in [-0.25, -0.2) is 9.59 Å². The number of benzene rings is 2. The molecule has 6 unspecified atom stereocenters. The van der Waals surface area contributed by atoms with Crippen molar-refractivity contribution in [2.45, 2.75) is 127 Å². The highest BCUT2D eigenvalue weighted by Gasteiger charge is 2.60. The summed E-state index contributed by atoms with van der Waals surface area (Å²) >= 11 is 0. The van der Waals surface area contributed by atoms with Crippen LogP contribution in [-0.2, 0) is 51.7 Å². The number of carbonyl (C=O) groups is 2. The van der Waals surface area contributed by atoms with Gasteiger partial charge in [0.1, 0.15) is 51.7 Å². The van der Waals surface area contributed by atoms with Crippen molar-refractivity contribution in [3.8, 4) is 0 Å². The van der Waals surface area contributed by atoms with E-state index in [9.17, 15) is 15.1 Å². The van der Waals surface area contributed by atoms with Crippen LogP contribution in [0.5, 0.6) is 0 Å². The minimum absolute atomic E-state index is 0.0673. The molecule has 7 saturated heterocycles. The number of azide groups is 1. The predicted octanol–water partition coefficient (Wildman–Crippen LogP) is 3.96. The van der Waals surface area contributed by atoms with Crippen LogP contribution in [0.3, 0.4) is 0 Å². The number of hydrogen-bond acceptors (Lipinski definition) is 12. The van der Waals surface area contributed by atoms with Crippen molar-refractivity contribution in [2.24, 2.45) is 22.9 Å². The number of nitrogens with zero attached hydrogens (tertiary/aromatic N) is 3. The van der Waals surface area contributed by atoms with E-state index in [2.05, 4.69) is 55.1 Å². The fourth-order valence-corrected chi connectivity index (χ4v) is 14.1. The largest absolute Gasteiger partial charge is 0.457 e. The van der Waals surface area contributed by atoms with E-state index >= 15 is 0 Å². The number of ether oxygens (including phenoxy) is 7. The summed E-state index contributed by atoms with van der Waals surface area (Å²) in [6.07, 6.45) is -10.0. The molecule has 7 aliphatic heterocycles. The molecule has 2 aromatic rings. The second kappa shape index (κ2) is 16.4. The van der Waals surface area contributed by atoms with Crippen LogP contribution in [-0.4, -0.2) is 116 Å². The SMILES string of the molecule is [B]P([B])O[C@@H]1C(N=[N+]=[N-])[C@@H](O[C@@H]2C3O[C@@H](C)[C@@H](OC3=O)C2C)OC(CO[Si](c2ccccc2)(c2ccccc2)C(C)(C)C)[C@H]1O[C@@H]1OC2C(=O)O[C@H]1C(C)[C@@H]2C. The molecular formula is C38H48B2N3O11PSi. The molecule has 4 radical (unpaired) electrons. The topological polar surface area (TPSA) is 166 Å². The highest BCUT2D eigenvalue weighted by atomic mass is 31.1. The maximum absolute atomic E-state index is 13.0. The Labute approximate surface area is 332 Å². The van der Waals surface area contributed by atoms with Crippen molar-refractivity contribution in [2.75, 3.05) is 6.61 Å². The molecule has 56 heavy (non-hydrogen) atoms. The van der Waals surface area contributed by atoms with Crippen LogP contribution in [0.15, 0.2) is 65.8 Å². The zero-order chi connectivity index (χ0) is 40.1. The Morgan fingerprint density at radius 3 is 1.95 bits per heavy atom. The van der Waals surface area contributed by atoms with Crippen LogP contribution in [0.4, 0.5) is 0 Å². The first-order valence-electron chi connectivity index (χ1n) is 19.1. The van der Waals surface area contributed by atoms with Crippen LogP contribution < -0.4 is 10.4 Å². The van der Waals surface area contributed by atoms with Gasteiger partial charge in [0.2, 0.25) is 0 Å². The molecule has 9 rings (SSSR count). The molecule has 7 fully saturated rings. The Hall–Kier alpha value is -2.81. The predicted molar refractivity (Wildman–Crippen MR) is 208 cm³/mol. The number of carbonyl (C=O) groups excluding carboxylic acids is 2. The maximum Gasteiger partial charge on any atom is 0.338 e. The summed E-state index contributed by atoms with van der Waals surface area (Å²) < 4.78 is 57.5. The van der Waals surface area contributed by atoms with Crippen molar-refractivity contribution in [3.05, 3.63) is 71.1 Å². The molecule has 0 saturated carbocycles. The summed E-state index contributed by atoms with van der Waals surface area (Å²) in [4.78, 5) is 28.9. The molecule has 296 valence electrons. The van der Waals surface area contributed by atoms with Crippen molar-refractivity contribution >= 4 is 53.7 Å². The molecule has 0 aliphatic carbocycles. The molecule has 0 amide bonds. The smallest absolute Gasteiger partial charge is 0.338 e. The van der Waals surface area contributed by atoms with Crippen LogP contribution in [0.25, 0.3) is 10.4 Å². The molecule has 4 bridgehead atoms. The normalized spacial score (nSPS) is 38.2. The Morgan fingerprint density at radius 1 is 0.768 bits per heavy atom. The van der Waals surface area contributed by atoms with Crippen molar-refractivity contribution in [3.63, 3.8) is 0 Å². The number of rotatable bonds is 12. The maximum atomic E-state index is 13.0. The summed E-state index contributed by atoms with van der Waals surface area (Å²) in [6, 6.07) is 19.0. The van der Waals surface area contributed by atoms with Gasteiger partial charge in [0.15, 0.2) is 30.9 Å². The molecule has 7 aliphatic rings. The monoisotopic (exact) mass is 803 g/mol. The number of hydrogen-bond donors (Lipinski definition) is 0. The Balaban J connectivity index is 1.30. The van der Waals surface area contributed by atoms with E-state index in [1.54, 1.807) is 0 Å². The van der Waals surface area contributed by atoms with Gasteiger partial charge in [-0.3, -0.25) is 0 Å². The highest BCUT2D eigenvalue weighted by Crippen LogP contribution is 2.45. The van der Waals surface area contributed by atoms with E-state index in [1.165, 1.54) is 0 Å². The van der Waals surface area contributed by atoms with Gasteiger partial charge < -0.3 is 42.1 Å². The molecule has 0 N–H and O–H groups in total. The van der Waals surface area contributed by atoms with Gasteiger partial charge in [-0.05, 0) is 33.8 Å². The third kappa shape index (κ3) is 7.49. The number of fused-ring (bicyclic) bond motifs is 6. The molecule has 18 heteroatoms.